The van der Waals surface area contributed by atoms with Crippen LogP contribution in [0.4, 0.5) is 0 Å². The molecule has 2 amide bonds. The largest absolute Gasteiger partial charge is 0.342 e. The third-order valence-corrected chi connectivity index (χ3v) is 6.26. The molecule has 2 saturated heterocycles. The highest BCUT2D eigenvalue weighted by atomic mass is 16.2. The highest BCUT2D eigenvalue weighted by Gasteiger charge is 2.42. The van der Waals surface area contributed by atoms with Crippen molar-refractivity contribution in [1.82, 2.24) is 19.8 Å². The minimum atomic E-state index is 0.0333. The molecular formula is C23H28N4O2. The van der Waals surface area contributed by atoms with E-state index in [9.17, 15) is 9.59 Å². The molecule has 1 atom stereocenters. The van der Waals surface area contributed by atoms with Crippen molar-refractivity contribution in [2.45, 2.75) is 45.1 Å². The van der Waals surface area contributed by atoms with Crippen LogP contribution in [0.1, 0.15) is 43.2 Å². The van der Waals surface area contributed by atoms with Gasteiger partial charge in [0.05, 0.1) is 0 Å². The van der Waals surface area contributed by atoms with E-state index in [1.807, 2.05) is 34.1 Å². The number of rotatable bonds is 5. The quantitative estimate of drug-likeness (QED) is 0.785. The summed E-state index contributed by atoms with van der Waals surface area (Å²) in [4.78, 5) is 37.5. The molecule has 2 fully saturated rings. The van der Waals surface area contributed by atoms with Gasteiger partial charge in [-0.1, -0.05) is 0 Å². The monoisotopic (exact) mass is 392 g/mol. The summed E-state index contributed by atoms with van der Waals surface area (Å²) < 4.78 is 0. The third-order valence-electron chi connectivity index (χ3n) is 6.26. The molecule has 6 nitrogen and oxygen atoms in total. The highest BCUT2D eigenvalue weighted by molar-refractivity contribution is 5.78. The summed E-state index contributed by atoms with van der Waals surface area (Å²) in [5.74, 6) is 0.437. The van der Waals surface area contributed by atoms with Crippen LogP contribution < -0.4 is 0 Å². The highest BCUT2D eigenvalue weighted by Crippen LogP contribution is 2.39. The van der Waals surface area contributed by atoms with Gasteiger partial charge in [-0.05, 0) is 61.1 Å². The number of aryl methyl sites for hydroxylation is 1. The summed E-state index contributed by atoms with van der Waals surface area (Å²) in [7, 11) is 0. The van der Waals surface area contributed by atoms with Crippen molar-refractivity contribution in [3.05, 3.63) is 60.2 Å². The third kappa shape index (κ3) is 4.81. The molecule has 0 saturated carbocycles. The lowest BCUT2D eigenvalue weighted by Crippen LogP contribution is -2.54. The van der Waals surface area contributed by atoms with Gasteiger partial charge in [-0.15, -0.1) is 0 Å². The first-order chi connectivity index (χ1) is 14.1. The lowest BCUT2D eigenvalue weighted by molar-refractivity contribution is -0.143. The summed E-state index contributed by atoms with van der Waals surface area (Å²) in [6.07, 6.45) is 11.9. The van der Waals surface area contributed by atoms with Crippen molar-refractivity contribution >= 4 is 11.8 Å². The van der Waals surface area contributed by atoms with E-state index < -0.39 is 0 Å². The molecule has 2 aromatic heterocycles. The molecule has 1 spiro atoms. The number of aromatic nitrogens is 2. The molecule has 0 N–H and O–H groups in total. The van der Waals surface area contributed by atoms with Crippen molar-refractivity contribution in [1.29, 1.82) is 0 Å². The number of hydrogen-bond acceptors (Lipinski definition) is 4. The predicted molar refractivity (Wildman–Crippen MR) is 110 cm³/mol. The van der Waals surface area contributed by atoms with Crippen LogP contribution in [0.2, 0.25) is 0 Å². The minimum absolute atomic E-state index is 0.0333. The lowest BCUT2D eigenvalue weighted by atomic mass is 9.73. The normalized spacial score (nSPS) is 22.1. The second-order valence-electron chi connectivity index (χ2n) is 8.38. The maximum Gasteiger partial charge on any atom is 0.222 e. The molecule has 6 heteroatoms. The Balaban J connectivity index is 1.38. The summed E-state index contributed by atoms with van der Waals surface area (Å²) >= 11 is 0. The average molecular weight is 393 g/mol. The van der Waals surface area contributed by atoms with E-state index in [0.29, 0.717) is 19.4 Å². The van der Waals surface area contributed by atoms with Crippen LogP contribution in [-0.4, -0.2) is 51.2 Å². The molecule has 0 unspecified atom stereocenters. The topological polar surface area (TPSA) is 66.4 Å². The Morgan fingerprint density at radius 3 is 2.38 bits per heavy atom. The maximum absolute atomic E-state index is 12.9. The Morgan fingerprint density at radius 1 is 0.966 bits per heavy atom. The van der Waals surface area contributed by atoms with E-state index in [0.717, 1.165) is 56.4 Å². The summed E-state index contributed by atoms with van der Waals surface area (Å²) in [5, 5.41) is 0. The molecule has 2 aliphatic heterocycles. The summed E-state index contributed by atoms with van der Waals surface area (Å²) in [6.45, 7) is 2.96. The minimum Gasteiger partial charge on any atom is -0.342 e. The van der Waals surface area contributed by atoms with Crippen LogP contribution in [-0.2, 0) is 22.6 Å². The zero-order chi connectivity index (χ0) is 20.1. The molecule has 0 bridgehead atoms. The molecule has 0 aromatic carbocycles. The van der Waals surface area contributed by atoms with Gasteiger partial charge >= 0.3 is 0 Å². The maximum atomic E-state index is 12.9. The van der Waals surface area contributed by atoms with Crippen LogP contribution >= 0.6 is 0 Å². The number of carbonyl (C=O) groups is 2. The zero-order valence-electron chi connectivity index (χ0n) is 16.8. The second kappa shape index (κ2) is 8.72. The first kappa shape index (κ1) is 19.6. The predicted octanol–water partition coefficient (Wildman–Crippen LogP) is 2.84. The van der Waals surface area contributed by atoms with Gasteiger partial charge < -0.3 is 9.80 Å². The van der Waals surface area contributed by atoms with Gasteiger partial charge in [0.2, 0.25) is 11.8 Å². The van der Waals surface area contributed by atoms with Crippen molar-refractivity contribution < 1.29 is 9.59 Å². The standard InChI is InChI=1S/C23H28N4O2/c28-21(3-2-19-5-11-24-12-6-19)26-15-1-9-23(17-26)10-4-22(29)27(18-23)16-20-7-13-25-14-8-20/h5-8,11-14H,1-4,9-10,15-18H2/t23-/m0/s1. The molecule has 0 radical (unpaired) electrons. The molecule has 2 aromatic rings. The molecule has 4 heterocycles. The molecular weight excluding hydrogens is 364 g/mol. The van der Waals surface area contributed by atoms with E-state index in [4.69, 9.17) is 0 Å². The van der Waals surface area contributed by atoms with Crippen LogP contribution in [0.3, 0.4) is 0 Å². The Labute approximate surface area is 172 Å². The van der Waals surface area contributed by atoms with Gasteiger partial charge in [0, 0.05) is 69.2 Å². The Bertz CT molecular complexity index is 842. The number of hydrogen-bond donors (Lipinski definition) is 0. The lowest BCUT2D eigenvalue weighted by Gasteiger charge is -2.48. The number of pyridine rings is 2. The number of piperidine rings is 2. The van der Waals surface area contributed by atoms with Gasteiger partial charge in [0.15, 0.2) is 0 Å². The SMILES string of the molecule is O=C(CCc1ccncc1)N1CCC[C@]2(CCC(=O)N(Cc3ccncc3)C2)C1. The van der Waals surface area contributed by atoms with Crippen LogP contribution in [0, 0.1) is 5.41 Å². The zero-order valence-corrected chi connectivity index (χ0v) is 16.8. The Morgan fingerprint density at radius 2 is 1.66 bits per heavy atom. The Hall–Kier alpha value is -2.76. The summed E-state index contributed by atoms with van der Waals surface area (Å²) in [6, 6.07) is 7.86. The van der Waals surface area contributed by atoms with Gasteiger partial charge in [-0.3, -0.25) is 19.6 Å². The smallest absolute Gasteiger partial charge is 0.222 e. The molecule has 152 valence electrons. The van der Waals surface area contributed by atoms with E-state index >= 15 is 0 Å². The molecule has 2 aliphatic rings. The number of likely N-dealkylation sites (tertiary alicyclic amines) is 2. The van der Waals surface area contributed by atoms with Crippen LogP contribution in [0.15, 0.2) is 49.1 Å². The fourth-order valence-electron chi connectivity index (χ4n) is 4.67. The van der Waals surface area contributed by atoms with Crippen LogP contribution in [0.25, 0.3) is 0 Å². The number of nitrogens with zero attached hydrogens (tertiary/aromatic N) is 4. The van der Waals surface area contributed by atoms with E-state index in [-0.39, 0.29) is 17.2 Å². The fourth-order valence-corrected chi connectivity index (χ4v) is 4.67. The van der Waals surface area contributed by atoms with Gasteiger partial charge in [0.1, 0.15) is 0 Å². The number of carbonyl (C=O) groups excluding carboxylic acids is 2. The average Bonchev–Trinajstić information content (AvgIpc) is 2.76. The Kier molecular flexibility index (Phi) is 5.88. The fraction of sp³-hybridized carbons (Fsp3) is 0.478. The van der Waals surface area contributed by atoms with Crippen molar-refractivity contribution in [2.75, 3.05) is 19.6 Å². The molecule has 4 rings (SSSR count). The second-order valence-corrected chi connectivity index (χ2v) is 8.38. The van der Waals surface area contributed by atoms with Gasteiger partial charge in [-0.2, -0.15) is 0 Å². The molecule has 29 heavy (non-hydrogen) atoms. The number of amides is 2. The first-order valence-corrected chi connectivity index (χ1v) is 10.5. The van der Waals surface area contributed by atoms with Crippen molar-refractivity contribution in [3.8, 4) is 0 Å². The van der Waals surface area contributed by atoms with E-state index in [2.05, 4.69) is 9.97 Å². The summed E-state index contributed by atoms with van der Waals surface area (Å²) in [5.41, 5.74) is 2.28. The van der Waals surface area contributed by atoms with E-state index in [1.165, 1.54) is 0 Å². The van der Waals surface area contributed by atoms with Crippen LogP contribution in [0.5, 0.6) is 0 Å². The first-order valence-electron chi connectivity index (χ1n) is 10.5. The van der Waals surface area contributed by atoms with E-state index in [1.54, 1.807) is 24.8 Å². The van der Waals surface area contributed by atoms with Crippen molar-refractivity contribution in [2.24, 2.45) is 5.41 Å². The molecule has 0 aliphatic carbocycles. The van der Waals surface area contributed by atoms with Gasteiger partial charge in [-0.25, -0.2) is 0 Å². The van der Waals surface area contributed by atoms with Crippen molar-refractivity contribution in [3.63, 3.8) is 0 Å². The van der Waals surface area contributed by atoms with Gasteiger partial charge in [0.25, 0.3) is 0 Å².